The standard InChI is InChI=1S/C18H37N5O2/c1-6-19-17(20-11-14-22(7-2)15(4)5)21-16-9-12-23(13-10-16)18(24)25-8-3/h15-16H,6-14H2,1-5H3,(H2,19,20,21). The van der Waals surface area contributed by atoms with Crippen molar-refractivity contribution in [1.82, 2.24) is 20.4 Å². The van der Waals surface area contributed by atoms with Crippen LogP contribution >= 0.6 is 0 Å². The molecule has 0 radical (unpaired) electrons. The van der Waals surface area contributed by atoms with Crippen LogP contribution in [0.2, 0.25) is 0 Å². The van der Waals surface area contributed by atoms with Crippen molar-refractivity contribution in [3.8, 4) is 0 Å². The lowest BCUT2D eigenvalue weighted by molar-refractivity contribution is 0.0963. The summed E-state index contributed by atoms with van der Waals surface area (Å²) >= 11 is 0. The summed E-state index contributed by atoms with van der Waals surface area (Å²) in [5.74, 6) is 0.872. The fourth-order valence-corrected chi connectivity index (χ4v) is 3.01. The van der Waals surface area contributed by atoms with Crippen LogP contribution in [-0.2, 0) is 4.74 Å². The van der Waals surface area contributed by atoms with Crippen molar-refractivity contribution in [3.05, 3.63) is 0 Å². The van der Waals surface area contributed by atoms with E-state index in [9.17, 15) is 4.79 Å². The van der Waals surface area contributed by atoms with Gasteiger partial charge in [0.05, 0.1) is 13.2 Å². The molecule has 0 aromatic heterocycles. The molecule has 1 rings (SSSR count). The smallest absolute Gasteiger partial charge is 0.409 e. The van der Waals surface area contributed by atoms with Gasteiger partial charge in [0, 0.05) is 38.3 Å². The molecule has 0 bridgehead atoms. The fraction of sp³-hybridized carbons (Fsp3) is 0.889. The molecular formula is C18H37N5O2. The van der Waals surface area contributed by atoms with E-state index < -0.39 is 0 Å². The molecule has 1 saturated heterocycles. The van der Waals surface area contributed by atoms with Crippen molar-refractivity contribution >= 4 is 12.1 Å². The zero-order valence-corrected chi connectivity index (χ0v) is 16.7. The van der Waals surface area contributed by atoms with E-state index in [4.69, 9.17) is 9.73 Å². The van der Waals surface area contributed by atoms with Crippen LogP contribution in [0.1, 0.15) is 47.5 Å². The summed E-state index contributed by atoms with van der Waals surface area (Å²) in [5, 5.41) is 6.83. The largest absolute Gasteiger partial charge is 0.450 e. The number of amides is 1. The molecule has 7 heteroatoms. The van der Waals surface area contributed by atoms with Crippen LogP contribution in [0.5, 0.6) is 0 Å². The number of piperidine rings is 1. The number of hydrogen-bond donors (Lipinski definition) is 2. The van der Waals surface area contributed by atoms with Crippen LogP contribution in [0, 0.1) is 0 Å². The number of nitrogens with one attached hydrogen (secondary N) is 2. The second-order valence-corrected chi connectivity index (χ2v) is 6.59. The highest BCUT2D eigenvalue weighted by atomic mass is 16.6. The minimum Gasteiger partial charge on any atom is -0.450 e. The van der Waals surface area contributed by atoms with Gasteiger partial charge in [-0.05, 0) is 47.1 Å². The van der Waals surface area contributed by atoms with Gasteiger partial charge < -0.3 is 20.3 Å². The topological polar surface area (TPSA) is 69.2 Å². The molecule has 25 heavy (non-hydrogen) atoms. The molecule has 1 aliphatic heterocycles. The quantitative estimate of drug-likeness (QED) is 0.514. The molecule has 0 atom stereocenters. The lowest BCUT2D eigenvalue weighted by Gasteiger charge is -2.32. The second-order valence-electron chi connectivity index (χ2n) is 6.59. The van der Waals surface area contributed by atoms with Crippen molar-refractivity contribution in [2.45, 2.75) is 59.5 Å². The highest BCUT2D eigenvalue weighted by Crippen LogP contribution is 2.11. The summed E-state index contributed by atoms with van der Waals surface area (Å²) < 4.78 is 5.07. The minimum atomic E-state index is -0.199. The first kappa shape index (κ1) is 21.5. The predicted molar refractivity (Wildman–Crippen MR) is 103 cm³/mol. The van der Waals surface area contributed by atoms with Gasteiger partial charge in [-0.25, -0.2) is 4.79 Å². The first-order valence-corrected chi connectivity index (χ1v) is 9.72. The third kappa shape index (κ3) is 7.94. The van der Waals surface area contributed by atoms with Gasteiger partial charge in [-0.2, -0.15) is 0 Å². The zero-order chi connectivity index (χ0) is 18.7. The molecule has 146 valence electrons. The number of guanidine groups is 1. The first-order chi connectivity index (χ1) is 12.0. The molecule has 0 aromatic rings. The van der Waals surface area contributed by atoms with E-state index in [0.717, 1.165) is 58.1 Å². The van der Waals surface area contributed by atoms with Gasteiger partial charge in [-0.1, -0.05) is 6.92 Å². The molecule has 2 N–H and O–H groups in total. The number of carbonyl (C=O) groups is 1. The van der Waals surface area contributed by atoms with Crippen molar-refractivity contribution < 1.29 is 9.53 Å². The Hall–Kier alpha value is -1.50. The van der Waals surface area contributed by atoms with E-state index in [-0.39, 0.29) is 6.09 Å². The van der Waals surface area contributed by atoms with E-state index in [1.165, 1.54) is 0 Å². The van der Waals surface area contributed by atoms with Crippen molar-refractivity contribution in [2.75, 3.05) is 45.9 Å². The summed E-state index contributed by atoms with van der Waals surface area (Å²) in [6.45, 7) is 16.1. The molecule has 1 heterocycles. The van der Waals surface area contributed by atoms with Crippen LogP contribution in [0.4, 0.5) is 4.79 Å². The zero-order valence-electron chi connectivity index (χ0n) is 16.7. The number of aliphatic imine (C=N–C) groups is 1. The second kappa shape index (κ2) is 12.0. The average Bonchev–Trinajstić information content (AvgIpc) is 2.59. The van der Waals surface area contributed by atoms with Gasteiger partial charge >= 0.3 is 6.09 Å². The van der Waals surface area contributed by atoms with Crippen LogP contribution in [0.25, 0.3) is 0 Å². The van der Waals surface area contributed by atoms with Gasteiger partial charge in [0.15, 0.2) is 5.96 Å². The molecule has 0 spiro atoms. The Kier molecular flexibility index (Phi) is 10.3. The minimum absolute atomic E-state index is 0.199. The Bertz CT molecular complexity index is 406. The first-order valence-electron chi connectivity index (χ1n) is 9.72. The maximum atomic E-state index is 11.8. The van der Waals surface area contributed by atoms with Crippen LogP contribution in [0.3, 0.4) is 0 Å². The maximum Gasteiger partial charge on any atom is 0.409 e. The van der Waals surface area contributed by atoms with Crippen LogP contribution < -0.4 is 10.6 Å². The molecule has 0 aromatic carbocycles. The van der Waals surface area contributed by atoms with Gasteiger partial charge in [0.2, 0.25) is 0 Å². The maximum absolute atomic E-state index is 11.8. The summed E-state index contributed by atoms with van der Waals surface area (Å²) in [6, 6.07) is 0.888. The highest BCUT2D eigenvalue weighted by molar-refractivity contribution is 5.80. The SMILES string of the molecule is CCNC(=NCCN(CC)C(C)C)NC1CCN(C(=O)OCC)CC1. The Morgan fingerprint density at radius 3 is 2.48 bits per heavy atom. The lowest BCUT2D eigenvalue weighted by atomic mass is 10.1. The Morgan fingerprint density at radius 1 is 1.28 bits per heavy atom. The number of carbonyl (C=O) groups excluding carboxylic acids is 1. The molecule has 1 fully saturated rings. The van der Waals surface area contributed by atoms with Gasteiger partial charge in [0.25, 0.3) is 0 Å². The summed E-state index contributed by atoms with van der Waals surface area (Å²) in [4.78, 5) is 20.7. The molecule has 0 saturated carbocycles. The van der Waals surface area contributed by atoms with Crippen LogP contribution in [-0.4, -0.2) is 79.8 Å². The van der Waals surface area contributed by atoms with Crippen molar-refractivity contribution in [3.63, 3.8) is 0 Å². The predicted octanol–water partition coefficient (Wildman–Crippen LogP) is 1.89. The molecule has 1 aliphatic rings. The number of likely N-dealkylation sites (tertiary alicyclic amines) is 1. The summed E-state index contributed by atoms with van der Waals surface area (Å²) in [7, 11) is 0. The third-order valence-corrected chi connectivity index (χ3v) is 4.50. The van der Waals surface area contributed by atoms with E-state index in [0.29, 0.717) is 18.7 Å². The fourth-order valence-electron chi connectivity index (χ4n) is 3.01. The van der Waals surface area contributed by atoms with E-state index in [1.807, 2.05) is 6.92 Å². The van der Waals surface area contributed by atoms with Crippen LogP contribution in [0.15, 0.2) is 4.99 Å². The highest BCUT2D eigenvalue weighted by Gasteiger charge is 2.24. The van der Waals surface area contributed by atoms with Gasteiger partial charge in [-0.15, -0.1) is 0 Å². The number of likely N-dealkylation sites (N-methyl/N-ethyl adjacent to an activating group) is 1. The lowest BCUT2D eigenvalue weighted by Crippen LogP contribution is -2.50. The van der Waals surface area contributed by atoms with Crippen molar-refractivity contribution in [2.24, 2.45) is 4.99 Å². The summed E-state index contributed by atoms with van der Waals surface area (Å²) in [6.07, 6.45) is 1.63. The Morgan fingerprint density at radius 2 is 1.96 bits per heavy atom. The normalized spacial score (nSPS) is 16.4. The number of nitrogens with zero attached hydrogens (tertiary/aromatic N) is 3. The average molecular weight is 356 g/mol. The van der Waals surface area contributed by atoms with Gasteiger partial charge in [-0.3, -0.25) is 9.89 Å². The number of hydrogen-bond acceptors (Lipinski definition) is 4. The molecular weight excluding hydrogens is 318 g/mol. The molecule has 0 unspecified atom stereocenters. The molecule has 0 aliphatic carbocycles. The van der Waals surface area contributed by atoms with E-state index in [2.05, 4.69) is 43.2 Å². The van der Waals surface area contributed by atoms with Crippen molar-refractivity contribution in [1.29, 1.82) is 0 Å². The molecule has 7 nitrogen and oxygen atoms in total. The summed E-state index contributed by atoms with van der Waals surface area (Å²) in [5.41, 5.74) is 0. The van der Waals surface area contributed by atoms with E-state index >= 15 is 0 Å². The number of rotatable bonds is 8. The van der Waals surface area contributed by atoms with Gasteiger partial charge in [0.1, 0.15) is 0 Å². The monoisotopic (exact) mass is 355 g/mol. The third-order valence-electron chi connectivity index (χ3n) is 4.50. The number of ether oxygens (including phenoxy) is 1. The molecule has 1 amide bonds. The Balaban J connectivity index is 2.45. The Labute approximate surface area is 153 Å². The van der Waals surface area contributed by atoms with E-state index in [1.54, 1.807) is 4.90 Å².